The number of halogens is 2. The van der Waals surface area contributed by atoms with Crippen molar-refractivity contribution in [2.24, 2.45) is 0 Å². The van der Waals surface area contributed by atoms with E-state index in [1.807, 2.05) is 48.5 Å². The zero-order valence-electron chi connectivity index (χ0n) is 12.6. The molecule has 0 aliphatic carbocycles. The number of ketones is 1. The van der Waals surface area contributed by atoms with Gasteiger partial charge in [0.1, 0.15) is 11.1 Å². The second-order valence-corrected chi connectivity index (χ2v) is 6.86. The summed E-state index contributed by atoms with van der Waals surface area (Å²) >= 11 is 6.47. The first-order valence-electron chi connectivity index (χ1n) is 7.32. The normalized spacial score (nSPS) is 12.1. The predicted molar refractivity (Wildman–Crippen MR) is 103 cm³/mol. The number of alkyl halides is 2. The Morgan fingerprint density at radius 3 is 2.42 bits per heavy atom. The number of fused-ring (bicyclic) bond motifs is 1. The largest absolute Gasteiger partial charge is 0.302 e. The van der Waals surface area contributed by atoms with Gasteiger partial charge >= 0.3 is 0 Å². The Balaban J connectivity index is 1.96. The quantitative estimate of drug-likeness (QED) is 0.310. The van der Waals surface area contributed by atoms with Crippen molar-refractivity contribution in [1.82, 2.24) is 4.98 Å². The zero-order chi connectivity index (χ0) is 17.1. The molecule has 0 aliphatic rings. The van der Waals surface area contributed by atoms with Crippen molar-refractivity contribution in [3.05, 3.63) is 65.9 Å². The minimum Gasteiger partial charge on any atom is -0.302 e. The summed E-state index contributed by atoms with van der Waals surface area (Å²) in [5.41, 5.74) is 4.33. The summed E-state index contributed by atoms with van der Waals surface area (Å²) in [5, 5.41) is 1.33. The van der Waals surface area contributed by atoms with Gasteiger partial charge in [0.25, 0.3) is 0 Å². The summed E-state index contributed by atoms with van der Waals surface area (Å²) in [4.78, 5) is 26.6. The number of carbonyl (C=O) groups excluding carboxylic acids is 2. The van der Waals surface area contributed by atoms with Crippen LogP contribution in [0.5, 0.6) is 0 Å². The van der Waals surface area contributed by atoms with Gasteiger partial charge in [0.15, 0.2) is 5.78 Å². The molecule has 120 valence electrons. The van der Waals surface area contributed by atoms with Gasteiger partial charge in [0, 0.05) is 10.9 Å². The number of nitrogens with zero attached hydrogens (tertiary/aromatic N) is 1. The minimum atomic E-state index is -0.388. The summed E-state index contributed by atoms with van der Waals surface area (Å²) < 4.78 is 0. The molecule has 1 unspecified atom stereocenters. The van der Waals surface area contributed by atoms with E-state index in [4.69, 9.17) is 0 Å². The monoisotopic (exact) mass is 445 g/mol. The van der Waals surface area contributed by atoms with E-state index in [0.717, 1.165) is 28.3 Å². The zero-order valence-corrected chi connectivity index (χ0v) is 15.7. The van der Waals surface area contributed by atoms with Gasteiger partial charge in [-0.05, 0) is 29.3 Å². The van der Waals surface area contributed by atoms with Gasteiger partial charge in [-0.25, -0.2) is 0 Å². The molecule has 3 rings (SSSR count). The van der Waals surface area contributed by atoms with Crippen molar-refractivity contribution in [3.63, 3.8) is 0 Å². The fourth-order valence-corrected chi connectivity index (χ4v) is 3.05. The van der Waals surface area contributed by atoms with Gasteiger partial charge in [-0.1, -0.05) is 68.3 Å². The standard InChI is InChI=1S/C19H13Br2NO2/c20-10-19(24)13-3-1-12(2-4-13)14-5-7-17-15(9-14)6-8-18(22-17)16(21)11-23/h1-9,11,16H,10H2. The Hall–Kier alpha value is -1.85. The number of hydrogen-bond donors (Lipinski definition) is 0. The molecule has 2 aromatic carbocycles. The summed E-state index contributed by atoms with van der Waals surface area (Å²) in [6.45, 7) is 0. The van der Waals surface area contributed by atoms with Crippen molar-refractivity contribution in [1.29, 1.82) is 0 Å². The van der Waals surface area contributed by atoms with E-state index in [0.29, 0.717) is 16.6 Å². The molecule has 24 heavy (non-hydrogen) atoms. The molecule has 0 amide bonds. The van der Waals surface area contributed by atoms with Crippen molar-refractivity contribution in [3.8, 4) is 11.1 Å². The number of rotatable bonds is 5. The maximum absolute atomic E-state index is 11.7. The number of aromatic nitrogens is 1. The highest BCUT2D eigenvalue weighted by Gasteiger charge is 2.09. The van der Waals surface area contributed by atoms with E-state index in [9.17, 15) is 9.59 Å². The van der Waals surface area contributed by atoms with Crippen molar-refractivity contribution in [2.45, 2.75) is 4.83 Å². The van der Waals surface area contributed by atoms with Gasteiger partial charge in [-0.3, -0.25) is 9.78 Å². The summed E-state index contributed by atoms with van der Waals surface area (Å²) in [6.07, 6.45) is 0.818. The van der Waals surface area contributed by atoms with E-state index >= 15 is 0 Å². The van der Waals surface area contributed by atoms with Crippen LogP contribution in [0.3, 0.4) is 0 Å². The average molecular weight is 447 g/mol. The Morgan fingerprint density at radius 2 is 1.75 bits per heavy atom. The van der Waals surface area contributed by atoms with Gasteiger partial charge < -0.3 is 4.79 Å². The molecule has 1 heterocycles. The molecule has 3 nitrogen and oxygen atoms in total. The predicted octanol–water partition coefficient (Wildman–Crippen LogP) is 5.11. The number of benzene rings is 2. The molecule has 0 bridgehead atoms. The maximum atomic E-state index is 11.7. The van der Waals surface area contributed by atoms with Crippen LogP contribution in [0.15, 0.2) is 54.6 Å². The van der Waals surface area contributed by atoms with E-state index in [1.54, 1.807) is 0 Å². The highest BCUT2D eigenvalue weighted by atomic mass is 79.9. The van der Waals surface area contributed by atoms with Crippen molar-refractivity contribution in [2.75, 3.05) is 5.33 Å². The fourth-order valence-electron chi connectivity index (χ4n) is 2.47. The molecule has 1 aromatic heterocycles. The average Bonchev–Trinajstić information content (AvgIpc) is 2.66. The molecule has 3 aromatic rings. The SMILES string of the molecule is O=CC(Br)c1ccc2cc(-c3ccc(C(=O)CBr)cc3)ccc2n1. The number of pyridine rings is 1. The first-order chi connectivity index (χ1) is 11.6. The van der Waals surface area contributed by atoms with Crippen LogP contribution >= 0.6 is 31.9 Å². The van der Waals surface area contributed by atoms with Crippen LogP contribution in [0.1, 0.15) is 20.9 Å². The minimum absolute atomic E-state index is 0.0660. The van der Waals surface area contributed by atoms with Gasteiger partial charge in [0.2, 0.25) is 0 Å². The number of carbonyl (C=O) groups is 2. The first-order valence-corrected chi connectivity index (χ1v) is 9.36. The molecular weight excluding hydrogens is 434 g/mol. The lowest BCUT2D eigenvalue weighted by atomic mass is 10.0. The van der Waals surface area contributed by atoms with E-state index < -0.39 is 0 Å². The van der Waals surface area contributed by atoms with Gasteiger partial charge in [0.05, 0.1) is 16.5 Å². The third kappa shape index (κ3) is 3.47. The Kier molecular flexibility index (Phi) is 5.21. The highest BCUT2D eigenvalue weighted by Crippen LogP contribution is 2.26. The molecule has 1 atom stereocenters. The summed E-state index contributed by atoms with van der Waals surface area (Å²) in [7, 11) is 0. The Labute approximate surface area is 156 Å². The van der Waals surface area contributed by atoms with E-state index in [2.05, 4.69) is 42.9 Å². The lowest BCUT2D eigenvalue weighted by Crippen LogP contribution is -1.99. The third-order valence-corrected chi connectivity index (χ3v) is 4.97. The summed E-state index contributed by atoms with van der Waals surface area (Å²) in [6, 6.07) is 17.4. The third-order valence-electron chi connectivity index (χ3n) is 3.77. The topological polar surface area (TPSA) is 47.0 Å². The van der Waals surface area contributed by atoms with E-state index in [1.165, 1.54) is 0 Å². The molecule has 5 heteroatoms. The van der Waals surface area contributed by atoms with Crippen LogP contribution in [0.25, 0.3) is 22.0 Å². The summed E-state index contributed by atoms with van der Waals surface area (Å²) in [5.74, 6) is 0.0660. The number of Topliss-reactive ketones (excluding diaryl/α,β-unsaturated/α-hetero) is 1. The Bertz CT molecular complexity index is 907. The van der Waals surface area contributed by atoms with Crippen LogP contribution < -0.4 is 0 Å². The molecule has 0 saturated heterocycles. The lowest BCUT2D eigenvalue weighted by molar-refractivity contribution is -0.107. The molecule has 0 aliphatic heterocycles. The highest BCUT2D eigenvalue weighted by molar-refractivity contribution is 9.09. The molecular formula is C19H13Br2NO2. The lowest BCUT2D eigenvalue weighted by Gasteiger charge is -2.07. The van der Waals surface area contributed by atoms with Gasteiger partial charge in [-0.2, -0.15) is 0 Å². The molecule has 0 fully saturated rings. The second-order valence-electron chi connectivity index (χ2n) is 5.32. The smallest absolute Gasteiger partial charge is 0.173 e. The molecule has 0 saturated carbocycles. The first kappa shape index (κ1) is 17.0. The number of aldehydes is 1. The van der Waals surface area contributed by atoms with Crippen molar-refractivity contribution >= 4 is 54.8 Å². The molecule has 0 radical (unpaired) electrons. The molecule has 0 N–H and O–H groups in total. The van der Waals surface area contributed by atoms with Crippen LogP contribution in [-0.4, -0.2) is 22.4 Å². The van der Waals surface area contributed by atoms with Crippen LogP contribution in [-0.2, 0) is 4.79 Å². The maximum Gasteiger partial charge on any atom is 0.173 e. The second kappa shape index (κ2) is 7.36. The van der Waals surface area contributed by atoms with Crippen LogP contribution in [0.4, 0.5) is 0 Å². The van der Waals surface area contributed by atoms with Gasteiger partial charge in [-0.15, -0.1) is 0 Å². The van der Waals surface area contributed by atoms with E-state index in [-0.39, 0.29) is 10.6 Å². The Morgan fingerprint density at radius 1 is 1.04 bits per heavy atom. The fraction of sp³-hybridized carbons (Fsp3) is 0.105. The number of hydrogen-bond acceptors (Lipinski definition) is 3. The van der Waals surface area contributed by atoms with Crippen LogP contribution in [0, 0.1) is 0 Å². The molecule has 0 spiro atoms. The van der Waals surface area contributed by atoms with Crippen LogP contribution in [0.2, 0.25) is 0 Å². The van der Waals surface area contributed by atoms with Crippen molar-refractivity contribution < 1.29 is 9.59 Å².